The Morgan fingerprint density at radius 2 is 1.86 bits per heavy atom. The van der Waals surface area contributed by atoms with Crippen molar-refractivity contribution < 1.29 is 9.59 Å². The Hall–Kier alpha value is -3.75. The zero-order valence-corrected chi connectivity index (χ0v) is 15.7. The molecule has 29 heavy (non-hydrogen) atoms. The van der Waals surface area contributed by atoms with E-state index in [1.165, 1.54) is 6.33 Å². The molecule has 2 aromatic heterocycles. The fourth-order valence-corrected chi connectivity index (χ4v) is 3.46. The predicted octanol–water partition coefficient (Wildman–Crippen LogP) is 1.62. The van der Waals surface area contributed by atoms with Gasteiger partial charge in [-0.05, 0) is 25.0 Å². The molecule has 3 heterocycles. The van der Waals surface area contributed by atoms with Crippen molar-refractivity contribution in [3.8, 4) is 5.82 Å². The topological polar surface area (TPSA) is 119 Å². The lowest BCUT2D eigenvalue weighted by atomic mass is 9.95. The number of benzene rings is 1. The molecule has 9 heteroatoms. The number of amides is 2. The first-order valence-electron chi connectivity index (χ1n) is 9.37. The number of nitrogens with one attached hydrogen (secondary N) is 1. The third-order valence-electron chi connectivity index (χ3n) is 5.05. The number of rotatable bonds is 5. The molecule has 0 aliphatic carbocycles. The van der Waals surface area contributed by atoms with Crippen LogP contribution in [0.1, 0.15) is 23.2 Å². The molecule has 1 aliphatic heterocycles. The summed E-state index contributed by atoms with van der Waals surface area (Å²) in [6.45, 7) is 1.41. The van der Waals surface area contributed by atoms with E-state index in [1.54, 1.807) is 36.8 Å². The van der Waals surface area contributed by atoms with Gasteiger partial charge in [-0.2, -0.15) is 0 Å². The average Bonchev–Trinajstić information content (AvgIpc) is 3.29. The number of piperidine rings is 1. The molecule has 4 rings (SSSR count). The zero-order valence-electron chi connectivity index (χ0n) is 15.7. The Labute approximate surface area is 167 Å². The number of carbonyl (C=O) groups excluding carboxylic acids is 2. The first kappa shape index (κ1) is 18.6. The molecule has 3 N–H and O–H groups in total. The van der Waals surface area contributed by atoms with Crippen LogP contribution in [0.5, 0.6) is 0 Å². The van der Waals surface area contributed by atoms with E-state index in [4.69, 9.17) is 5.73 Å². The molecule has 2 amide bonds. The van der Waals surface area contributed by atoms with Crippen LogP contribution in [-0.2, 0) is 4.79 Å². The van der Waals surface area contributed by atoms with Crippen LogP contribution < -0.4 is 16.0 Å². The van der Waals surface area contributed by atoms with Gasteiger partial charge >= 0.3 is 0 Å². The predicted molar refractivity (Wildman–Crippen MR) is 108 cm³/mol. The van der Waals surface area contributed by atoms with Crippen molar-refractivity contribution in [2.45, 2.75) is 12.8 Å². The van der Waals surface area contributed by atoms with E-state index in [-0.39, 0.29) is 11.8 Å². The summed E-state index contributed by atoms with van der Waals surface area (Å²) in [4.78, 5) is 39.0. The lowest BCUT2D eigenvalue weighted by Gasteiger charge is -2.32. The molecule has 9 nitrogen and oxygen atoms in total. The number of para-hydroxylation sites is 1. The molecule has 0 saturated carbocycles. The number of nitrogens with two attached hydrogens (primary N) is 1. The maximum absolute atomic E-state index is 12.7. The first-order valence-corrected chi connectivity index (χ1v) is 9.37. The normalized spacial score (nSPS) is 14.6. The fraction of sp³-hybridized carbons (Fsp3) is 0.250. The summed E-state index contributed by atoms with van der Waals surface area (Å²) in [6.07, 6.45) is 8.12. The maximum atomic E-state index is 12.7. The highest BCUT2D eigenvalue weighted by atomic mass is 16.2. The summed E-state index contributed by atoms with van der Waals surface area (Å²) in [6, 6.07) is 8.68. The summed E-state index contributed by atoms with van der Waals surface area (Å²) in [5.41, 5.74) is 6.15. The first-order chi connectivity index (χ1) is 14.1. The Kier molecular flexibility index (Phi) is 5.19. The van der Waals surface area contributed by atoms with E-state index >= 15 is 0 Å². The number of nitrogens with zero attached hydrogens (tertiary/aromatic N) is 5. The van der Waals surface area contributed by atoms with Gasteiger partial charge in [-0.1, -0.05) is 12.1 Å². The summed E-state index contributed by atoms with van der Waals surface area (Å²) < 4.78 is 1.82. The molecule has 1 aliphatic rings. The minimum Gasteiger partial charge on any atom is -0.366 e. The highest BCUT2D eigenvalue weighted by molar-refractivity contribution is 6.03. The number of anilines is 2. The van der Waals surface area contributed by atoms with Crippen molar-refractivity contribution >= 4 is 23.3 Å². The molecule has 0 radical (unpaired) electrons. The van der Waals surface area contributed by atoms with E-state index in [0.29, 0.717) is 37.2 Å². The average molecular weight is 391 g/mol. The molecule has 1 fully saturated rings. The van der Waals surface area contributed by atoms with Crippen LogP contribution in [0, 0.1) is 5.92 Å². The minimum atomic E-state index is -0.562. The molecule has 0 unspecified atom stereocenters. The molecule has 0 atom stereocenters. The zero-order chi connectivity index (χ0) is 20.2. The lowest BCUT2D eigenvalue weighted by molar-refractivity contribution is -0.120. The number of hydrogen-bond acceptors (Lipinski definition) is 6. The van der Waals surface area contributed by atoms with Crippen LogP contribution in [-0.4, -0.2) is 44.4 Å². The van der Waals surface area contributed by atoms with E-state index in [1.807, 2.05) is 16.8 Å². The summed E-state index contributed by atoms with van der Waals surface area (Å²) in [7, 11) is 0. The van der Waals surface area contributed by atoms with Crippen molar-refractivity contribution in [2.24, 2.45) is 11.7 Å². The third-order valence-corrected chi connectivity index (χ3v) is 5.05. The Morgan fingerprint density at radius 3 is 2.59 bits per heavy atom. The van der Waals surface area contributed by atoms with Crippen LogP contribution in [0.4, 0.5) is 11.5 Å². The van der Waals surface area contributed by atoms with Crippen LogP contribution in [0.2, 0.25) is 0 Å². The smallest absolute Gasteiger partial charge is 0.250 e. The second-order valence-corrected chi connectivity index (χ2v) is 6.86. The second kappa shape index (κ2) is 8.09. The van der Waals surface area contributed by atoms with Gasteiger partial charge in [-0.15, -0.1) is 0 Å². The van der Waals surface area contributed by atoms with E-state index < -0.39 is 5.91 Å². The molecule has 0 bridgehead atoms. The number of hydrogen-bond donors (Lipinski definition) is 2. The molecular weight excluding hydrogens is 370 g/mol. The molecular formula is C20H21N7O2. The lowest BCUT2D eigenvalue weighted by Crippen LogP contribution is -2.38. The molecule has 148 valence electrons. The van der Waals surface area contributed by atoms with Gasteiger partial charge in [-0.25, -0.2) is 15.0 Å². The SMILES string of the molecule is NC(=O)c1ccccc1NC(=O)C1CCN(c2cc(-n3ccnc3)ncn2)CC1. The molecule has 1 aromatic carbocycles. The van der Waals surface area contributed by atoms with Crippen LogP contribution in [0.25, 0.3) is 5.82 Å². The number of carbonyl (C=O) groups is 2. The maximum Gasteiger partial charge on any atom is 0.250 e. The minimum absolute atomic E-state index is 0.0971. The van der Waals surface area contributed by atoms with Gasteiger partial charge in [0, 0.05) is 37.5 Å². The highest BCUT2D eigenvalue weighted by Crippen LogP contribution is 2.24. The van der Waals surface area contributed by atoms with Crippen molar-refractivity contribution in [3.63, 3.8) is 0 Å². The van der Waals surface area contributed by atoms with E-state index in [9.17, 15) is 9.59 Å². The fourth-order valence-electron chi connectivity index (χ4n) is 3.46. The van der Waals surface area contributed by atoms with Crippen molar-refractivity contribution in [1.29, 1.82) is 0 Å². The van der Waals surface area contributed by atoms with Gasteiger partial charge < -0.3 is 16.0 Å². The van der Waals surface area contributed by atoms with Crippen LogP contribution in [0.15, 0.2) is 55.4 Å². The third kappa shape index (κ3) is 4.08. The van der Waals surface area contributed by atoms with E-state index in [0.717, 1.165) is 11.6 Å². The van der Waals surface area contributed by atoms with Gasteiger partial charge in [0.2, 0.25) is 5.91 Å². The summed E-state index contributed by atoms with van der Waals surface area (Å²) >= 11 is 0. The number of imidazole rings is 1. The quantitative estimate of drug-likeness (QED) is 0.682. The van der Waals surface area contributed by atoms with Crippen molar-refractivity contribution in [1.82, 2.24) is 19.5 Å². The Balaban J connectivity index is 1.39. The molecule has 3 aromatic rings. The highest BCUT2D eigenvalue weighted by Gasteiger charge is 2.26. The Bertz CT molecular complexity index is 1010. The monoisotopic (exact) mass is 391 g/mol. The van der Waals surface area contributed by atoms with Crippen LogP contribution in [0.3, 0.4) is 0 Å². The van der Waals surface area contributed by atoms with Crippen LogP contribution >= 0.6 is 0 Å². The van der Waals surface area contributed by atoms with E-state index in [2.05, 4.69) is 25.2 Å². The van der Waals surface area contributed by atoms with Gasteiger partial charge in [0.25, 0.3) is 5.91 Å². The van der Waals surface area contributed by atoms with Crippen molar-refractivity contribution in [3.05, 3.63) is 60.9 Å². The molecule has 1 saturated heterocycles. The Morgan fingerprint density at radius 1 is 1.10 bits per heavy atom. The van der Waals surface area contributed by atoms with Gasteiger partial charge in [0.1, 0.15) is 24.3 Å². The van der Waals surface area contributed by atoms with Crippen molar-refractivity contribution in [2.75, 3.05) is 23.3 Å². The standard InChI is InChI=1S/C20H21N7O2/c21-19(28)15-3-1-2-4-16(15)25-20(29)14-5-8-26(9-6-14)17-11-18(24-12-23-17)27-10-7-22-13-27/h1-4,7,10-14H,5-6,8-9H2,(H2,21,28)(H,25,29). The summed E-state index contributed by atoms with van der Waals surface area (Å²) in [5.74, 6) is 0.771. The molecule has 0 spiro atoms. The second-order valence-electron chi connectivity index (χ2n) is 6.86. The van der Waals surface area contributed by atoms with Gasteiger partial charge in [0.05, 0.1) is 11.3 Å². The number of primary amides is 1. The van der Waals surface area contributed by atoms with Gasteiger partial charge in [-0.3, -0.25) is 14.2 Å². The largest absolute Gasteiger partial charge is 0.366 e. The summed E-state index contributed by atoms with van der Waals surface area (Å²) in [5, 5.41) is 2.85. The van der Waals surface area contributed by atoms with Gasteiger partial charge in [0.15, 0.2) is 0 Å². The number of aromatic nitrogens is 4.